The molecule has 0 aromatic heterocycles. The third-order valence-electron chi connectivity index (χ3n) is 3.99. The highest BCUT2D eigenvalue weighted by molar-refractivity contribution is 5.94. The summed E-state index contributed by atoms with van der Waals surface area (Å²) >= 11 is 0. The Balaban J connectivity index is 1.68. The second kappa shape index (κ2) is 6.10. The van der Waals surface area contributed by atoms with Gasteiger partial charge in [-0.3, -0.25) is 4.79 Å². The molecule has 108 valence electrons. The fourth-order valence-electron chi connectivity index (χ4n) is 2.80. The Labute approximate surface area is 124 Å². The quantitative estimate of drug-likeness (QED) is 0.908. The van der Waals surface area contributed by atoms with Crippen LogP contribution >= 0.6 is 0 Å². The molecule has 0 saturated heterocycles. The van der Waals surface area contributed by atoms with Crippen LogP contribution in [0.3, 0.4) is 0 Å². The lowest BCUT2D eigenvalue weighted by Gasteiger charge is -2.12. The van der Waals surface area contributed by atoms with E-state index in [1.165, 1.54) is 0 Å². The van der Waals surface area contributed by atoms with Gasteiger partial charge in [-0.25, -0.2) is 0 Å². The first-order chi connectivity index (χ1) is 10.2. The van der Waals surface area contributed by atoms with Crippen LogP contribution in [0.1, 0.15) is 29.6 Å². The molecule has 1 amide bonds. The summed E-state index contributed by atoms with van der Waals surface area (Å²) in [6.07, 6.45) is 2.02. The molecule has 0 spiro atoms. The second-order valence-corrected chi connectivity index (χ2v) is 5.58. The van der Waals surface area contributed by atoms with Gasteiger partial charge in [-0.1, -0.05) is 42.5 Å². The third-order valence-corrected chi connectivity index (χ3v) is 3.99. The summed E-state index contributed by atoms with van der Waals surface area (Å²) in [5, 5.41) is 12.5. The minimum absolute atomic E-state index is 0.0614. The van der Waals surface area contributed by atoms with Crippen LogP contribution in [0.25, 0.3) is 11.1 Å². The molecule has 2 unspecified atom stereocenters. The Morgan fingerprint density at radius 1 is 0.952 bits per heavy atom. The first-order valence-corrected chi connectivity index (χ1v) is 7.37. The van der Waals surface area contributed by atoms with E-state index in [2.05, 4.69) is 17.4 Å². The minimum atomic E-state index is -0.268. The van der Waals surface area contributed by atoms with E-state index in [1.54, 1.807) is 0 Å². The highest BCUT2D eigenvalue weighted by atomic mass is 16.3. The average molecular weight is 281 g/mol. The minimum Gasteiger partial charge on any atom is -0.393 e. The van der Waals surface area contributed by atoms with Crippen LogP contribution in [0.5, 0.6) is 0 Å². The van der Waals surface area contributed by atoms with Crippen LogP contribution < -0.4 is 5.32 Å². The normalized spacial score (nSPS) is 21.2. The highest BCUT2D eigenvalue weighted by Crippen LogP contribution is 2.21. The van der Waals surface area contributed by atoms with Crippen molar-refractivity contribution in [3.05, 3.63) is 60.2 Å². The van der Waals surface area contributed by atoms with Gasteiger partial charge in [-0.2, -0.15) is 0 Å². The topological polar surface area (TPSA) is 49.3 Å². The second-order valence-electron chi connectivity index (χ2n) is 5.58. The molecule has 0 bridgehead atoms. The molecule has 0 radical (unpaired) electrons. The molecule has 2 aromatic rings. The smallest absolute Gasteiger partial charge is 0.251 e. The Kier molecular flexibility index (Phi) is 4.02. The Morgan fingerprint density at radius 3 is 2.24 bits per heavy atom. The number of nitrogens with one attached hydrogen (secondary N) is 1. The number of hydrogen-bond donors (Lipinski definition) is 2. The molecule has 0 heterocycles. The highest BCUT2D eigenvalue weighted by Gasteiger charge is 2.24. The summed E-state index contributed by atoms with van der Waals surface area (Å²) in [5.74, 6) is -0.0614. The van der Waals surface area contributed by atoms with Crippen LogP contribution in [0, 0.1) is 0 Å². The summed E-state index contributed by atoms with van der Waals surface area (Å²) in [7, 11) is 0. The van der Waals surface area contributed by atoms with Gasteiger partial charge >= 0.3 is 0 Å². The Morgan fingerprint density at radius 2 is 1.62 bits per heavy atom. The van der Waals surface area contributed by atoms with E-state index in [0.29, 0.717) is 12.0 Å². The van der Waals surface area contributed by atoms with Crippen molar-refractivity contribution in [1.29, 1.82) is 0 Å². The fraction of sp³-hybridized carbons (Fsp3) is 0.278. The van der Waals surface area contributed by atoms with Crippen LogP contribution in [0.15, 0.2) is 54.6 Å². The summed E-state index contributed by atoms with van der Waals surface area (Å²) in [5.41, 5.74) is 2.91. The van der Waals surface area contributed by atoms with Gasteiger partial charge in [0.25, 0.3) is 5.91 Å². The SMILES string of the molecule is O=C(NC1CCC(O)C1)c1ccc(-c2ccccc2)cc1. The summed E-state index contributed by atoms with van der Waals surface area (Å²) in [6, 6.07) is 17.8. The van der Waals surface area contributed by atoms with Crippen molar-refractivity contribution in [2.45, 2.75) is 31.4 Å². The van der Waals surface area contributed by atoms with Crippen molar-refractivity contribution >= 4 is 5.91 Å². The molecule has 0 aliphatic heterocycles. The monoisotopic (exact) mass is 281 g/mol. The van der Waals surface area contributed by atoms with E-state index in [0.717, 1.165) is 24.0 Å². The van der Waals surface area contributed by atoms with Crippen molar-refractivity contribution < 1.29 is 9.90 Å². The molecular weight excluding hydrogens is 262 g/mol. The average Bonchev–Trinajstić information content (AvgIpc) is 2.93. The van der Waals surface area contributed by atoms with E-state index in [9.17, 15) is 9.90 Å². The van der Waals surface area contributed by atoms with E-state index < -0.39 is 0 Å². The van der Waals surface area contributed by atoms with Gasteiger partial charge in [0.05, 0.1) is 6.10 Å². The first kappa shape index (κ1) is 13.8. The number of carbonyl (C=O) groups is 1. The molecule has 2 aromatic carbocycles. The van der Waals surface area contributed by atoms with Gasteiger partial charge in [0.2, 0.25) is 0 Å². The summed E-state index contributed by atoms with van der Waals surface area (Å²) in [6.45, 7) is 0. The standard InChI is InChI=1S/C18H19NO2/c20-17-11-10-16(12-17)19-18(21)15-8-6-14(7-9-15)13-4-2-1-3-5-13/h1-9,16-17,20H,10-12H2,(H,19,21). The summed E-state index contributed by atoms with van der Waals surface area (Å²) in [4.78, 5) is 12.2. The van der Waals surface area contributed by atoms with Crippen LogP contribution in [0.2, 0.25) is 0 Å². The number of carbonyl (C=O) groups excluding carboxylic acids is 1. The largest absolute Gasteiger partial charge is 0.393 e. The fourth-order valence-corrected chi connectivity index (χ4v) is 2.80. The Hall–Kier alpha value is -2.13. The van der Waals surface area contributed by atoms with Crippen LogP contribution in [-0.2, 0) is 0 Å². The number of aliphatic hydroxyl groups excluding tert-OH is 1. The maximum Gasteiger partial charge on any atom is 0.251 e. The maximum atomic E-state index is 12.2. The van der Waals surface area contributed by atoms with Crippen molar-refractivity contribution in [3.8, 4) is 11.1 Å². The van der Waals surface area contributed by atoms with E-state index in [1.807, 2.05) is 42.5 Å². The number of aliphatic hydroxyl groups is 1. The zero-order valence-electron chi connectivity index (χ0n) is 11.8. The van der Waals surface area contributed by atoms with Gasteiger partial charge in [0.1, 0.15) is 0 Å². The van der Waals surface area contributed by atoms with Crippen molar-refractivity contribution in [2.75, 3.05) is 0 Å². The van der Waals surface area contributed by atoms with Gasteiger partial charge in [0.15, 0.2) is 0 Å². The molecule has 1 aliphatic rings. The van der Waals surface area contributed by atoms with Crippen molar-refractivity contribution in [1.82, 2.24) is 5.32 Å². The molecule has 21 heavy (non-hydrogen) atoms. The van der Waals surface area contributed by atoms with Gasteiger partial charge in [0, 0.05) is 11.6 Å². The van der Waals surface area contributed by atoms with Gasteiger partial charge in [-0.05, 0) is 42.5 Å². The molecule has 1 fully saturated rings. The lowest BCUT2D eigenvalue weighted by molar-refractivity contribution is 0.0934. The zero-order chi connectivity index (χ0) is 14.7. The van der Waals surface area contributed by atoms with E-state index >= 15 is 0 Å². The lowest BCUT2D eigenvalue weighted by Crippen LogP contribution is -2.33. The van der Waals surface area contributed by atoms with E-state index in [4.69, 9.17) is 0 Å². The Bertz CT molecular complexity index is 607. The molecule has 1 saturated carbocycles. The van der Waals surface area contributed by atoms with Crippen LogP contribution in [-0.4, -0.2) is 23.2 Å². The molecule has 3 rings (SSSR count). The first-order valence-electron chi connectivity index (χ1n) is 7.37. The molecule has 2 N–H and O–H groups in total. The number of rotatable bonds is 3. The summed E-state index contributed by atoms with van der Waals surface area (Å²) < 4.78 is 0. The van der Waals surface area contributed by atoms with Crippen molar-refractivity contribution in [3.63, 3.8) is 0 Å². The zero-order valence-corrected chi connectivity index (χ0v) is 11.8. The number of amides is 1. The predicted molar refractivity (Wildman–Crippen MR) is 83.0 cm³/mol. The predicted octanol–water partition coefficient (Wildman–Crippen LogP) is 3.00. The molecule has 1 aliphatic carbocycles. The van der Waals surface area contributed by atoms with Crippen LogP contribution in [0.4, 0.5) is 0 Å². The number of benzene rings is 2. The molecule has 3 nitrogen and oxygen atoms in total. The third kappa shape index (κ3) is 3.31. The van der Waals surface area contributed by atoms with E-state index in [-0.39, 0.29) is 18.1 Å². The van der Waals surface area contributed by atoms with Gasteiger partial charge < -0.3 is 10.4 Å². The molecule has 2 atom stereocenters. The number of hydrogen-bond acceptors (Lipinski definition) is 2. The van der Waals surface area contributed by atoms with Crippen molar-refractivity contribution in [2.24, 2.45) is 0 Å². The maximum absolute atomic E-state index is 12.2. The molecule has 3 heteroatoms. The van der Waals surface area contributed by atoms with Gasteiger partial charge in [-0.15, -0.1) is 0 Å². The molecular formula is C18H19NO2. The lowest BCUT2D eigenvalue weighted by atomic mass is 10.0.